The number of tetrazole rings is 1. The molecule has 11 heteroatoms. The molecule has 1 aliphatic rings. The lowest BCUT2D eigenvalue weighted by Gasteiger charge is -2.30. The van der Waals surface area contributed by atoms with Gasteiger partial charge in [-0.05, 0) is 65.2 Å². The van der Waals surface area contributed by atoms with Crippen molar-refractivity contribution in [2.45, 2.75) is 24.3 Å². The first-order valence-electron chi connectivity index (χ1n) is 10.2. The summed E-state index contributed by atoms with van der Waals surface area (Å²) < 4.78 is 34.0. The second-order valence-corrected chi connectivity index (χ2v) is 9.43. The maximum Gasteiger partial charge on any atom is 0.243 e. The van der Waals surface area contributed by atoms with Crippen LogP contribution in [0.25, 0.3) is 5.69 Å². The minimum absolute atomic E-state index is 0.0522. The monoisotopic (exact) mass is 456 g/mol. The minimum atomic E-state index is -3.63. The molecular weight excluding hydrogens is 432 g/mol. The Morgan fingerprint density at radius 3 is 2.38 bits per heavy atom. The molecular formula is C21H24N6O4S. The summed E-state index contributed by atoms with van der Waals surface area (Å²) in [5.41, 5.74) is 1.64. The zero-order valence-electron chi connectivity index (χ0n) is 17.6. The fourth-order valence-electron chi connectivity index (χ4n) is 3.63. The quantitative estimate of drug-likeness (QED) is 0.570. The van der Waals surface area contributed by atoms with Crippen molar-refractivity contribution in [3.05, 3.63) is 60.4 Å². The molecule has 3 aromatic rings. The lowest BCUT2D eigenvalue weighted by atomic mass is 9.97. The van der Waals surface area contributed by atoms with Gasteiger partial charge in [-0.3, -0.25) is 4.79 Å². The number of aromatic nitrogens is 4. The van der Waals surface area contributed by atoms with E-state index in [2.05, 4.69) is 20.8 Å². The number of rotatable bonds is 7. The maximum absolute atomic E-state index is 13.0. The number of hydrogen-bond acceptors (Lipinski definition) is 7. The Bertz CT molecular complexity index is 1140. The molecule has 2 aromatic carbocycles. The molecule has 2 heterocycles. The van der Waals surface area contributed by atoms with Crippen molar-refractivity contribution in [2.24, 2.45) is 5.92 Å². The van der Waals surface area contributed by atoms with Crippen LogP contribution in [-0.2, 0) is 21.4 Å². The summed E-state index contributed by atoms with van der Waals surface area (Å²) in [6, 6.07) is 13.9. The molecule has 0 atom stereocenters. The molecule has 1 N–H and O–H groups in total. The standard InChI is InChI=1S/C21H24N6O4S/c1-31-19-6-2-16(3-7-19)14-22-21(28)17-10-12-26(13-11-17)32(29,30)20-8-4-18(5-9-20)27-15-23-24-25-27/h2-9,15,17H,10-14H2,1H3,(H,22,28). The number of piperidine rings is 1. The largest absolute Gasteiger partial charge is 0.497 e. The molecule has 0 saturated carbocycles. The van der Waals surface area contributed by atoms with Gasteiger partial charge in [0.25, 0.3) is 0 Å². The van der Waals surface area contributed by atoms with Gasteiger partial charge in [0, 0.05) is 25.6 Å². The Morgan fingerprint density at radius 2 is 1.78 bits per heavy atom. The van der Waals surface area contributed by atoms with Crippen LogP contribution in [0.5, 0.6) is 5.75 Å². The maximum atomic E-state index is 13.0. The molecule has 4 rings (SSSR count). The van der Waals surface area contributed by atoms with E-state index in [1.807, 2.05) is 24.3 Å². The summed E-state index contributed by atoms with van der Waals surface area (Å²) in [5.74, 6) is 0.504. The second-order valence-electron chi connectivity index (χ2n) is 7.49. The average Bonchev–Trinajstić information content (AvgIpc) is 3.38. The molecule has 32 heavy (non-hydrogen) atoms. The van der Waals surface area contributed by atoms with E-state index in [1.54, 1.807) is 31.4 Å². The van der Waals surface area contributed by atoms with Crippen LogP contribution >= 0.6 is 0 Å². The van der Waals surface area contributed by atoms with Gasteiger partial charge >= 0.3 is 0 Å². The number of hydrogen-bond donors (Lipinski definition) is 1. The predicted molar refractivity (Wildman–Crippen MR) is 115 cm³/mol. The van der Waals surface area contributed by atoms with E-state index in [4.69, 9.17) is 4.74 Å². The molecule has 0 radical (unpaired) electrons. The fourth-order valence-corrected chi connectivity index (χ4v) is 5.10. The third-order valence-electron chi connectivity index (χ3n) is 5.54. The van der Waals surface area contributed by atoms with Crippen LogP contribution in [-0.4, -0.2) is 59.0 Å². The first-order valence-corrected chi connectivity index (χ1v) is 11.7. The van der Waals surface area contributed by atoms with E-state index < -0.39 is 10.0 Å². The first kappa shape index (κ1) is 21.9. The zero-order valence-corrected chi connectivity index (χ0v) is 18.4. The highest BCUT2D eigenvalue weighted by Gasteiger charge is 2.32. The van der Waals surface area contributed by atoms with E-state index in [0.29, 0.717) is 38.2 Å². The lowest BCUT2D eigenvalue weighted by molar-refractivity contribution is -0.126. The second kappa shape index (κ2) is 9.45. The third-order valence-corrected chi connectivity index (χ3v) is 7.45. The summed E-state index contributed by atoms with van der Waals surface area (Å²) in [4.78, 5) is 12.8. The van der Waals surface area contributed by atoms with E-state index in [-0.39, 0.29) is 16.7 Å². The van der Waals surface area contributed by atoms with E-state index in [0.717, 1.165) is 11.3 Å². The average molecular weight is 457 g/mol. The first-order chi connectivity index (χ1) is 15.5. The Balaban J connectivity index is 1.31. The van der Waals surface area contributed by atoms with Gasteiger partial charge in [0.2, 0.25) is 15.9 Å². The topological polar surface area (TPSA) is 119 Å². The molecule has 1 aromatic heterocycles. The zero-order chi connectivity index (χ0) is 22.6. The van der Waals surface area contributed by atoms with Crippen molar-refractivity contribution in [1.82, 2.24) is 29.8 Å². The predicted octanol–water partition coefficient (Wildman–Crippen LogP) is 1.39. The van der Waals surface area contributed by atoms with Crippen LogP contribution in [0.1, 0.15) is 18.4 Å². The summed E-state index contributed by atoms with van der Waals surface area (Å²) in [6.07, 6.45) is 2.40. The van der Waals surface area contributed by atoms with Gasteiger partial charge in [-0.2, -0.15) is 4.31 Å². The van der Waals surface area contributed by atoms with Gasteiger partial charge in [0.1, 0.15) is 12.1 Å². The number of ether oxygens (including phenoxy) is 1. The van der Waals surface area contributed by atoms with Gasteiger partial charge in [-0.25, -0.2) is 13.1 Å². The molecule has 0 aliphatic carbocycles. The highest BCUT2D eigenvalue weighted by molar-refractivity contribution is 7.89. The lowest BCUT2D eigenvalue weighted by Crippen LogP contribution is -2.42. The van der Waals surface area contributed by atoms with Gasteiger partial charge in [0.15, 0.2) is 0 Å². The number of amides is 1. The number of sulfonamides is 1. The number of carbonyl (C=O) groups excluding carboxylic acids is 1. The molecule has 1 amide bonds. The number of carbonyl (C=O) groups is 1. The Morgan fingerprint density at radius 1 is 1.09 bits per heavy atom. The van der Waals surface area contributed by atoms with Crippen LogP contribution < -0.4 is 10.1 Å². The van der Waals surface area contributed by atoms with E-state index in [1.165, 1.54) is 15.3 Å². The van der Waals surface area contributed by atoms with Crippen LogP contribution in [0, 0.1) is 5.92 Å². The number of nitrogens with zero attached hydrogens (tertiary/aromatic N) is 5. The molecule has 168 valence electrons. The third kappa shape index (κ3) is 4.78. The van der Waals surface area contributed by atoms with Crippen LogP contribution in [0.4, 0.5) is 0 Å². The van der Waals surface area contributed by atoms with Crippen LogP contribution in [0.2, 0.25) is 0 Å². The molecule has 1 fully saturated rings. The highest BCUT2D eigenvalue weighted by Crippen LogP contribution is 2.25. The smallest absolute Gasteiger partial charge is 0.243 e. The normalized spacial score (nSPS) is 15.4. The Kier molecular flexibility index (Phi) is 6.47. The molecule has 1 saturated heterocycles. The van der Waals surface area contributed by atoms with Gasteiger partial charge in [-0.15, -0.1) is 5.10 Å². The van der Waals surface area contributed by atoms with Crippen molar-refractivity contribution in [2.75, 3.05) is 20.2 Å². The number of benzene rings is 2. The van der Waals surface area contributed by atoms with Crippen molar-refractivity contribution < 1.29 is 17.9 Å². The SMILES string of the molecule is COc1ccc(CNC(=O)C2CCN(S(=O)(=O)c3ccc(-n4cnnn4)cc3)CC2)cc1. The van der Waals surface area contributed by atoms with Crippen molar-refractivity contribution in [3.8, 4) is 11.4 Å². The molecule has 10 nitrogen and oxygen atoms in total. The Labute approximate surface area is 186 Å². The van der Waals surface area contributed by atoms with Crippen molar-refractivity contribution in [1.29, 1.82) is 0 Å². The van der Waals surface area contributed by atoms with Crippen LogP contribution in [0.3, 0.4) is 0 Å². The van der Waals surface area contributed by atoms with Crippen molar-refractivity contribution >= 4 is 15.9 Å². The summed E-state index contributed by atoms with van der Waals surface area (Å²) in [7, 11) is -2.02. The highest BCUT2D eigenvalue weighted by atomic mass is 32.2. The van der Waals surface area contributed by atoms with E-state index >= 15 is 0 Å². The van der Waals surface area contributed by atoms with E-state index in [9.17, 15) is 13.2 Å². The van der Waals surface area contributed by atoms with Gasteiger partial charge in [0.05, 0.1) is 17.7 Å². The van der Waals surface area contributed by atoms with Gasteiger partial charge < -0.3 is 10.1 Å². The summed E-state index contributed by atoms with van der Waals surface area (Å²) in [5, 5.41) is 13.9. The molecule has 0 spiro atoms. The fraction of sp³-hybridized carbons (Fsp3) is 0.333. The number of methoxy groups -OCH3 is 1. The molecule has 0 unspecified atom stereocenters. The van der Waals surface area contributed by atoms with Crippen molar-refractivity contribution in [3.63, 3.8) is 0 Å². The minimum Gasteiger partial charge on any atom is -0.497 e. The summed E-state index contributed by atoms with van der Waals surface area (Å²) >= 11 is 0. The number of nitrogens with one attached hydrogen (secondary N) is 1. The molecule has 0 bridgehead atoms. The Hall–Kier alpha value is -3.31. The molecule has 1 aliphatic heterocycles. The summed E-state index contributed by atoms with van der Waals surface area (Å²) in [6.45, 7) is 1.03. The van der Waals surface area contributed by atoms with Crippen LogP contribution in [0.15, 0.2) is 59.8 Å². The van der Waals surface area contributed by atoms with Gasteiger partial charge in [-0.1, -0.05) is 12.1 Å².